The van der Waals surface area contributed by atoms with Gasteiger partial charge in [0, 0.05) is 0 Å². The van der Waals surface area contributed by atoms with Gasteiger partial charge in [0.25, 0.3) is 0 Å². The average Bonchev–Trinajstić information content (AvgIpc) is 2.90. The van der Waals surface area contributed by atoms with E-state index in [4.69, 9.17) is 24.7 Å². The maximum atomic E-state index is 6.36. The molecule has 0 bridgehead atoms. The summed E-state index contributed by atoms with van der Waals surface area (Å²) in [6.07, 6.45) is 5.18. The van der Waals surface area contributed by atoms with E-state index in [-0.39, 0.29) is 12.4 Å². The summed E-state index contributed by atoms with van der Waals surface area (Å²) in [5.41, 5.74) is 11.4. The van der Waals surface area contributed by atoms with E-state index in [0.29, 0.717) is 22.9 Å². The van der Waals surface area contributed by atoms with Gasteiger partial charge in [0.15, 0.2) is 11.5 Å². The lowest BCUT2D eigenvalue weighted by Crippen LogP contribution is -2.03. The zero-order valence-electron chi connectivity index (χ0n) is 16.1. The van der Waals surface area contributed by atoms with Gasteiger partial charge in [0.05, 0.1) is 34.1 Å². The van der Waals surface area contributed by atoms with Gasteiger partial charge in [-0.1, -0.05) is 12.1 Å². The van der Waals surface area contributed by atoms with E-state index >= 15 is 0 Å². The van der Waals surface area contributed by atoms with E-state index in [1.807, 2.05) is 18.2 Å². The summed E-state index contributed by atoms with van der Waals surface area (Å²) in [4.78, 5) is 0. The number of benzene rings is 2. The fourth-order valence-electron chi connectivity index (χ4n) is 3.49. The molecule has 0 unspecified atom stereocenters. The van der Waals surface area contributed by atoms with E-state index in [9.17, 15) is 0 Å². The number of hydrogen-bond acceptors (Lipinski definition) is 5. The first-order valence-electron chi connectivity index (χ1n) is 8.60. The lowest BCUT2D eigenvalue weighted by Gasteiger charge is -2.18. The number of hydrogen-bond donors (Lipinski definition) is 1. The quantitative estimate of drug-likeness (QED) is 0.760. The molecule has 6 heteroatoms. The topological polar surface area (TPSA) is 62.9 Å². The Bertz CT molecular complexity index is 823. The second kappa shape index (κ2) is 8.91. The van der Waals surface area contributed by atoms with E-state index in [1.165, 1.54) is 0 Å². The molecule has 2 N–H and O–H groups in total. The Balaban J connectivity index is 0.00000261. The Morgan fingerprint density at radius 2 is 1.48 bits per heavy atom. The van der Waals surface area contributed by atoms with Crippen LogP contribution in [-0.4, -0.2) is 28.4 Å². The van der Waals surface area contributed by atoms with Gasteiger partial charge in [-0.15, -0.1) is 12.4 Å². The summed E-state index contributed by atoms with van der Waals surface area (Å²) in [7, 11) is 6.50. The Morgan fingerprint density at radius 3 is 2.04 bits per heavy atom. The van der Waals surface area contributed by atoms with Gasteiger partial charge in [-0.2, -0.15) is 0 Å². The van der Waals surface area contributed by atoms with Crippen LogP contribution in [0, 0.1) is 0 Å². The summed E-state index contributed by atoms with van der Waals surface area (Å²) >= 11 is 0. The molecule has 1 aliphatic rings. The summed E-state index contributed by atoms with van der Waals surface area (Å²) in [5, 5.41) is 0. The standard InChI is InChI=1S/C21H25NO4.ClH/c1-23-17-10-9-15-14(7-5-6-8-16(15)20(17)22)13-11-18(24-2)21(26-4)19(12-13)25-3;/h7,9-12H,5-6,8,22H2,1-4H3;1H. The van der Waals surface area contributed by atoms with Crippen molar-refractivity contribution in [2.75, 3.05) is 34.2 Å². The molecule has 0 amide bonds. The Kier molecular flexibility index (Phi) is 6.86. The largest absolute Gasteiger partial charge is 0.495 e. The highest BCUT2D eigenvalue weighted by Gasteiger charge is 2.21. The zero-order valence-corrected chi connectivity index (χ0v) is 16.9. The molecule has 1 aliphatic carbocycles. The molecule has 0 saturated heterocycles. The van der Waals surface area contributed by atoms with Crippen LogP contribution in [0.25, 0.3) is 5.57 Å². The van der Waals surface area contributed by atoms with Crippen molar-refractivity contribution in [1.82, 2.24) is 0 Å². The molecular weight excluding hydrogens is 366 g/mol. The summed E-state index contributed by atoms with van der Waals surface area (Å²) in [6.45, 7) is 0. The number of allylic oxidation sites excluding steroid dienone is 1. The van der Waals surface area contributed by atoms with Crippen molar-refractivity contribution in [2.45, 2.75) is 19.3 Å². The number of fused-ring (bicyclic) bond motifs is 1. The lowest BCUT2D eigenvalue weighted by molar-refractivity contribution is 0.324. The molecule has 0 heterocycles. The third-order valence-electron chi connectivity index (χ3n) is 4.78. The Labute approximate surface area is 166 Å². The maximum Gasteiger partial charge on any atom is 0.203 e. The van der Waals surface area contributed by atoms with Crippen molar-refractivity contribution in [3.05, 3.63) is 47.0 Å². The minimum atomic E-state index is 0. The van der Waals surface area contributed by atoms with Crippen molar-refractivity contribution < 1.29 is 18.9 Å². The highest BCUT2D eigenvalue weighted by molar-refractivity contribution is 5.86. The highest BCUT2D eigenvalue weighted by atomic mass is 35.5. The SMILES string of the molecule is COc1ccc2c(c1N)CCCC=C2c1cc(OC)c(OC)c(OC)c1.Cl. The first-order valence-corrected chi connectivity index (χ1v) is 8.60. The molecule has 0 aliphatic heterocycles. The van der Waals surface area contributed by atoms with Crippen molar-refractivity contribution in [3.8, 4) is 23.0 Å². The van der Waals surface area contributed by atoms with Crippen LogP contribution in [-0.2, 0) is 6.42 Å². The number of ether oxygens (including phenoxy) is 4. The van der Waals surface area contributed by atoms with Crippen LogP contribution in [0.15, 0.2) is 30.3 Å². The van der Waals surface area contributed by atoms with Crippen LogP contribution in [0.4, 0.5) is 5.69 Å². The van der Waals surface area contributed by atoms with Crippen LogP contribution < -0.4 is 24.7 Å². The average molecular weight is 392 g/mol. The van der Waals surface area contributed by atoms with Crippen molar-refractivity contribution in [3.63, 3.8) is 0 Å². The van der Waals surface area contributed by atoms with E-state index in [2.05, 4.69) is 12.1 Å². The molecule has 146 valence electrons. The minimum Gasteiger partial charge on any atom is -0.495 e. The lowest BCUT2D eigenvalue weighted by atomic mass is 9.92. The number of anilines is 1. The van der Waals surface area contributed by atoms with E-state index < -0.39 is 0 Å². The maximum absolute atomic E-state index is 6.36. The molecule has 0 saturated carbocycles. The van der Waals surface area contributed by atoms with Crippen molar-refractivity contribution in [2.24, 2.45) is 0 Å². The predicted octanol–water partition coefficient (Wildman–Crippen LogP) is 4.49. The molecule has 5 nitrogen and oxygen atoms in total. The van der Waals surface area contributed by atoms with Crippen molar-refractivity contribution >= 4 is 23.7 Å². The first kappa shape index (κ1) is 20.8. The normalized spacial score (nSPS) is 12.8. The molecule has 27 heavy (non-hydrogen) atoms. The smallest absolute Gasteiger partial charge is 0.203 e. The molecule has 2 aromatic rings. The second-order valence-corrected chi connectivity index (χ2v) is 6.13. The zero-order chi connectivity index (χ0) is 18.7. The van der Waals surface area contributed by atoms with E-state index in [0.717, 1.165) is 47.3 Å². The number of methoxy groups -OCH3 is 4. The van der Waals surface area contributed by atoms with Gasteiger partial charge >= 0.3 is 0 Å². The molecule has 3 rings (SSSR count). The number of rotatable bonds is 5. The Hall–Kier alpha value is -2.53. The molecule has 0 aromatic heterocycles. The van der Waals surface area contributed by atoms with Crippen LogP contribution >= 0.6 is 12.4 Å². The van der Waals surface area contributed by atoms with Gasteiger partial charge in [0.1, 0.15) is 5.75 Å². The molecule has 0 spiro atoms. The van der Waals surface area contributed by atoms with E-state index in [1.54, 1.807) is 28.4 Å². The van der Waals surface area contributed by atoms with Gasteiger partial charge in [-0.25, -0.2) is 0 Å². The molecule has 0 fully saturated rings. The summed E-state index contributed by atoms with van der Waals surface area (Å²) < 4.78 is 21.9. The fourth-order valence-corrected chi connectivity index (χ4v) is 3.49. The van der Waals surface area contributed by atoms with Gasteiger partial charge in [-0.05, 0) is 59.7 Å². The number of nitrogen functional groups attached to an aromatic ring is 1. The first-order chi connectivity index (χ1) is 12.6. The second-order valence-electron chi connectivity index (χ2n) is 6.13. The summed E-state index contributed by atoms with van der Waals surface area (Å²) in [6, 6.07) is 7.95. The third kappa shape index (κ3) is 3.78. The van der Waals surface area contributed by atoms with Crippen LogP contribution in [0.1, 0.15) is 29.5 Å². The van der Waals surface area contributed by atoms with Gasteiger partial charge < -0.3 is 24.7 Å². The minimum absolute atomic E-state index is 0. The molecular formula is C21H26ClNO4. The molecule has 2 aromatic carbocycles. The highest BCUT2D eigenvalue weighted by Crippen LogP contribution is 2.43. The number of nitrogens with two attached hydrogens (primary N) is 1. The fraction of sp³-hybridized carbons (Fsp3) is 0.333. The van der Waals surface area contributed by atoms with Crippen molar-refractivity contribution in [1.29, 1.82) is 0 Å². The molecule has 0 radical (unpaired) electrons. The predicted molar refractivity (Wildman–Crippen MR) is 111 cm³/mol. The Morgan fingerprint density at radius 1 is 0.852 bits per heavy atom. The summed E-state index contributed by atoms with van der Waals surface area (Å²) in [5.74, 6) is 2.57. The monoisotopic (exact) mass is 391 g/mol. The van der Waals surface area contributed by atoms with Crippen LogP contribution in [0.3, 0.4) is 0 Å². The van der Waals surface area contributed by atoms with Crippen LogP contribution in [0.2, 0.25) is 0 Å². The van der Waals surface area contributed by atoms with Gasteiger partial charge in [-0.3, -0.25) is 0 Å². The number of halogens is 1. The third-order valence-corrected chi connectivity index (χ3v) is 4.78. The molecule has 0 atom stereocenters. The van der Waals surface area contributed by atoms with Gasteiger partial charge in [0.2, 0.25) is 5.75 Å². The van der Waals surface area contributed by atoms with Crippen LogP contribution in [0.5, 0.6) is 23.0 Å².